The Morgan fingerprint density at radius 2 is 2.24 bits per heavy atom. The molecule has 0 bridgehead atoms. The van der Waals surface area contributed by atoms with Gasteiger partial charge >= 0.3 is 0 Å². The lowest BCUT2D eigenvalue weighted by molar-refractivity contribution is 0.954. The third-order valence-electron chi connectivity index (χ3n) is 2.32. The van der Waals surface area contributed by atoms with Crippen molar-refractivity contribution in [2.45, 2.75) is 6.42 Å². The summed E-state index contributed by atoms with van der Waals surface area (Å²) in [7, 11) is 0. The minimum atomic E-state index is 0.636. The highest BCUT2D eigenvalue weighted by Crippen LogP contribution is 2.30. The standard InChI is InChI=1S/C11H10N4S2/c12-3-1-10-14-8(6-16-10)11-15-7-5-13-4-2-9(7)17-11/h2,4-6H,1,3,12H2. The lowest BCUT2D eigenvalue weighted by atomic mass is 10.4. The van der Waals surface area contributed by atoms with Gasteiger partial charge in [0.15, 0.2) is 0 Å². The SMILES string of the molecule is NCCc1nc(-c2nc3cnccc3s2)cs1. The van der Waals surface area contributed by atoms with Crippen molar-refractivity contribution in [2.24, 2.45) is 5.73 Å². The fourth-order valence-corrected chi connectivity index (χ4v) is 3.30. The van der Waals surface area contributed by atoms with E-state index in [-0.39, 0.29) is 0 Å². The Bertz CT molecular complexity index is 611. The van der Waals surface area contributed by atoms with E-state index in [4.69, 9.17) is 5.73 Å². The zero-order valence-electron chi connectivity index (χ0n) is 8.96. The quantitative estimate of drug-likeness (QED) is 0.786. The highest BCUT2D eigenvalue weighted by atomic mass is 32.1. The molecule has 0 unspecified atom stereocenters. The summed E-state index contributed by atoms with van der Waals surface area (Å²) in [5.41, 5.74) is 7.39. The van der Waals surface area contributed by atoms with E-state index in [2.05, 4.69) is 15.0 Å². The molecule has 3 rings (SSSR count). The third kappa shape index (κ3) is 2.06. The molecule has 0 fully saturated rings. The number of nitrogens with zero attached hydrogens (tertiary/aromatic N) is 3. The van der Waals surface area contributed by atoms with Crippen LogP contribution in [0.2, 0.25) is 0 Å². The van der Waals surface area contributed by atoms with Gasteiger partial charge in [0.2, 0.25) is 0 Å². The van der Waals surface area contributed by atoms with Crippen LogP contribution in [0.3, 0.4) is 0 Å². The summed E-state index contributed by atoms with van der Waals surface area (Å²) < 4.78 is 1.14. The van der Waals surface area contributed by atoms with Crippen molar-refractivity contribution in [1.29, 1.82) is 0 Å². The first kappa shape index (κ1) is 10.8. The van der Waals surface area contributed by atoms with Gasteiger partial charge < -0.3 is 5.73 Å². The van der Waals surface area contributed by atoms with Gasteiger partial charge in [0, 0.05) is 18.0 Å². The van der Waals surface area contributed by atoms with Crippen LogP contribution in [-0.4, -0.2) is 21.5 Å². The lowest BCUT2D eigenvalue weighted by Crippen LogP contribution is -2.01. The maximum absolute atomic E-state index is 5.52. The highest BCUT2D eigenvalue weighted by Gasteiger charge is 2.09. The zero-order chi connectivity index (χ0) is 11.7. The van der Waals surface area contributed by atoms with Crippen LogP contribution < -0.4 is 5.73 Å². The molecule has 0 aliphatic rings. The van der Waals surface area contributed by atoms with Crippen molar-refractivity contribution >= 4 is 32.9 Å². The number of thiazole rings is 2. The van der Waals surface area contributed by atoms with Crippen molar-refractivity contribution in [3.05, 3.63) is 28.8 Å². The van der Waals surface area contributed by atoms with Crippen LogP contribution in [0.4, 0.5) is 0 Å². The van der Waals surface area contributed by atoms with E-state index >= 15 is 0 Å². The van der Waals surface area contributed by atoms with Crippen LogP contribution in [0.25, 0.3) is 20.9 Å². The lowest BCUT2D eigenvalue weighted by Gasteiger charge is -1.88. The minimum Gasteiger partial charge on any atom is -0.330 e. The van der Waals surface area contributed by atoms with E-state index in [1.165, 1.54) is 0 Å². The Hall–Kier alpha value is -1.37. The molecule has 86 valence electrons. The molecule has 0 atom stereocenters. The van der Waals surface area contributed by atoms with Gasteiger partial charge in [-0.25, -0.2) is 9.97 Å². The van der Waals surface area contributed by atoms with Crippen molar-refractivity contribution in [2.75, 3.05) is 6.54 Å². The van der Waals surface area contributed by atoms with Crippen LogP contribution in [0.1, 0.15) is 5.01 Å². The monoisotopic (exact) mass is 262 g/mol. The van der Waals surface area contributed by atoms with E-state index in [0.29, 0.717) is 6.54 Å². The molecule has 0 amide bonds. The van der Waals surface area contributed by atoms with Crippen LogP contribution >= 0.6 is 22.7 Å². The molecule has 0 aliphatic heterocycles. The molecule has 0 saturated heterocycles. The molecule has 2 N–H and O–H groups in total. The highest BCUT2D eigenvalue weighted by molar-refractivity contribution is 7.21. The van der Waals surface area contributed by atoms with E-state index in [1.54, 1.807) is 35.1 Å². The van der Waals surface area contributed by atoms with Gasteiger partial charge in [-0.05, 0) is 12.6 Å². The topological polar surface area (TPSA) is 64.7 Å². The second kappa shape index (κ2) is 4.48. The molecule has 3 aromatic heterocycles. The van der Waals surface area contributed by atoms with Crippen LogP contribution in [0.5, 0.6) is 0 Å². The largest absolute Gasteiger partial charge is 0.330 e. The first-order chi connectivity index (χ1) is 8.36. The molecule has 6 heteroatoms. The fourth-order valence-electron chi connectivity index (χ4n) is 1.54. The maximum atomic E-state index is 5.52. The molecule has 0 saturated carbocycles. The Morgan fingerprint density at radius 1 is 1.29 bits per heavy atom. The molecule has 0 radical (unpaired) electrons. The van der Waals surface area contributed by atoms with Crippen LogP contribution in [0.15, 0.2) is 23.8 Å². The second-order valence-corrected chi connectivity index (χ2v) is 5.50. The number of fused-ring (bicyclic) bond motifs is 1. The van der Waals surface area contributed by atoms with Gasteiger partial charge in [-0.1, -0.05) is 0 Å². The number of hydrogen-bond acceptors (Lipinski definition) is 6. The van der Waals surface area contributed by atoms with Crippen molar-refractivity contribution < 1.29 is 0 Å². The molecule has 0 aromatic carbocycles. The minimum absolute atomic E-state index is 0.636. The van der Waals surface area contributed by atoms with Gasteiger partial charge in [-0.3, -0.25) is 4.98 Å². The number of nitrogens with two attached hydrogens (primary N) is 1. The molecule has 4 nitrogen and oxygen atoms in total. The van der Waals surface area contributed by atoms with Gasteiger partial charge in [0.05, 0.1) is 15.9 Å². The number of pyridine rings is 1. The fraction of sp³-hybridized carbons (Fsp3) is 0.182. The molecule has 0 spiro atoms. The maximum Gasteiger partial charge on any atom is 0.144 e. The van der Waals surface area contributed by atoms with Gasteiger partial charge in [-0.15, -0.1) is 22.7 Å². The van der Waals surface area contributed by atoms with Gasteiger partial charge in [0.25, 0.3) is 0 Å². The number of aromatic nitrogens is 3. The first-order valence-corrected chi connectivity index (χ1v) is 6.92. The van der Waals surface area contributed by atoms with Gasteiger partial charge in [0.1, 0.15) is 16.2 Å². The normalized spacial score (nSPS) is 11.1. The first-order valence-electron chi connectivity index (χ1n) is 5.22. The summed E-state index contributed by atoms with van der Waals surface area (Å²) in [4.78, 5) is 13.1. The summed E-state index contributed by atoms with van der Waals surface area (Å²) in [5.74, 6) is 0. The van der Waals surface area contributed by atoms with Crippen LogP contribution in [-0.2, 0) is 6.42 Å². The van der Waals surface area contributed by atoms with Crippen molar-refractivity contribution in [3.8, 4) is 10.7 Å². The van der Waals surface area contributed by atoms with E-state index in [1.807, 2.05) is 11.4 Å². The average Bonchev–Trinajstić information content (AvgIpc) is 2.94. The number of rotatable bonds is 3. The van der Waals surface area contributed by atoms with E-state index in [0.717, 1.165) is 32.3 Å². The summed E-state index contributed by atoms with van der Waals surface area (Å²) in [6.45, 7) is 0.636. The zero-order valence-corrected chi connectivity index (χ0v) is 10.6. The molecule has 3 heterocycles. The average molecular weight is 262 g/mol. The van der Waals surface area contributed by atoms with E-state index < -0.39 is 0 Å². The second-order valence-electron chi connectivity index (χ2n) is 3.53. The number of hydrogen-bond donors (Lipinski definition) is 1. The summed E-state index contributed by atoms with van der Waals surface area (Å²) in [6, 6.07) is 1.98. The molecule has 17 heavy (non-hydrogen) atoms. The predicted octanol–water partition coefficient (Wildman–Crippen LogP) is 2.32. The molecular weight excluding hydrogens is 252 g/mol. The Kier molecular flexibility index (Phi) is 2.84. The summed E-state index contributed by atoms with van der Waals surface area (Å²) >= 11 is 3.28. The third-order valence-corrected chi connectivity index (χ3v) is 4.29. The summed E-state index contributed by atoms with van der Waals surface area (Å²) in [6.07, 6.45) is 4.39. The van der Waals surface area contributed by atoms with E-state index in [9.17, 15) is 0 Å². The Balaban J connectivity index is 2.01. The molecule has 3 aromatic rings. The van der Waals surface area contributed by atoms with Crippen molar-refractivity contribution in [3.63, 3.8) is 0 Å². The Morgan fingerprint density at radius 3 is 3.06 bits per heavy atom. The van der Waals surface area contributed by atoms with Gasteiger partial charge in [-0.2, -0.15) is 0 Å². The predicted molar refractivity (Wildman–Crippen MR) is 71.3 cm³/mol. The molecule has 0 aliphatic carbocycles. The van der Waals surface area contributed by atoms with Crippen LogP contribution in [0, 0.1) is 0 Å². The summed E-state index contributed by atoms with van der Waals surface area (Å²) in [5, 5.41) is 4.06. The Labute approximate surface area is 106 Å². The van der Waals surface area contributed by atoms with Crippen molar-refractivity contribution in [1.82, 2.24) is 15.0 Å². The smallest absolute Gasteiger partial charge is 0.144 e. The molecular formula is C11H10N4S2.